The molecule has 0 saturated heterocycles. The van der Waals surface area contributed by atoms with Gasteiger partial charge in [0.1, 0.15) is 0 Å². The van der Waals surface area contributed by atoms with Gasteiger partial charge in [0.2, 0.25) is 0 Å². The number of pyridine rings is 1. The van der Waals surface area contributed by atoms with E-state index in [4.69, 9.17) is 20.7 Å². The molecule has 0 aliphatic carbocycles. The molecule has 3 rings (SSSR count). The first kappa shape index (κ1) is 21.8. The van der Waals surface area contributed by atoms with E-state index in [0.717, 1.165) is 16.8 Å². The Balaban J connectivity index is 2.17. The minimum atomic E-state index is -1.05. The van der Waals surface area contributed by atoms with E-state index in [0.29, 0.717) is 0 Å². The quantitative estimate of drug-likeness (QED) is 0.492. The number of hydrogen-bond acceptors (Lipinski definition) is 1. The van der Waals surface area contributed by atoms with Gasteiger partial charge in [-0.15, -0.1) is 0 Å². The monoisotopic (exact) mass is 397 g/mol. The number of rotatable bonds is 4. The van der Waals surface area contributed by atoms with Crippen LogP contribution in [0.2, 0.25) is 0 Å². The molecule has 0 unspecified atom stereocenters. The third-order valence-electron chi connectivity index (χ3n) is 5.48. The van der Waals surface area contributed by atoms with E-state index in [1.807, 2.05) is 12.3 Å². The van der Waals surface area contributed by atoms with E-state index in [1.165, 1.54) is 16.0 Å². The Morgan fingerprint density at radius 3 is 1.93 bits per heavy atom. The average molecular weight is 397 g/mol. The fraction of sp³-hybridized carbons (Fsp3) is 0.320. The average Bonchev–Trinajstić information content (AvgIpc) is 2.67. The summed E-state index contributed by atoms with van der Waals surface area (Å²) in [5.41, 5.74) is 5.01. The topological polar surface area (TPSA) is 12.9 Å². The second-order valence-corrected chi connectivity index (χ2v) is 13.6. The van der Waals surface area contributed by atoms with Crippen molar-refractivity contribution in [2.75, 3.05) is 18.8 Å². The highest BCUT2D eigenvalue weighted by Crippen LogP contribution is 2.51. The summed E-state index contributed by atoms with van der Waals surface area (Å²) >= 11 is 0. The second kappa shape index (κ2) is 7.72. The van der Waals surface area contributed by atoms with Crippen LogP contribution >= 0.6 is 10.0 Å². The van der Waals surface area contributed by atoms with Gasteiger partial charge in [-0.1, -0.05) is 74.5 Å². The second-order valence-electron chi connectivity index (χ2n) is 9.47. The van der Waals surface area contributed by atoms with Crippen molar-refractivity contribution in [1.29, 1.82) is 0 Å². The highest BCUT2D eigenvalue weighted by atomic mass is 32.3. The maximum Gasteiger partial charge on any atom is 0.0705 e. The fourth-order valence-corrected chi connectivity index (χ4v) is 4.56. The van der Waals surface area contributed by atoms with E-state index in [1.54, 1.807) is 0 Å². The number of aromatic nitrogens is 1. The van der Waals surface area contributed by atoms with Crippen LogP contribution in [-0.2, 0) is 5.21 Å². The highest BCUT2D eigenvalue weighted by molar-refractivity contribution is 8.32. The first-order valence-electron chi connectivity index (χ1n) is 9.84. The molecule has 146 valence electrons. The third-order valence-corrected chi connectivity index (χ3v) is 7.12. The largest absolute Gasteiger partial charge is 0.255 e. The summed E-state index contributed by atoms with van der Waals surface area (Å²) in [5, 5.41) is -0.961. The Morgan fingerprint density at radius 1 is 0.759 bits per heavy atom. The van der Waals surface area contributed by atoms with Gasteiger partial charge in [-0.2, -0.15) is 0 Å². The molecule has 4 heteroatoms. The zero-order chi connectivity index (χ0) is 21.4. The van der Waals surface area contributed by atoms with Gasteiger partial charge in [-0.25, -0.2) is 10.0 Å². The van der Waals surface area contributed by atoms with Gasteiger partial charge in [0, 0.05) is 16.7 Å². The predicted octanol–water partition coefficient (Wildman–Crippen LogP) is 6.00. The molecular formula is C25H29B2NS. The molecule has 1 aromatic heterocycles. The van der Waals surface area contributed by atoms with Crippen LogP contribution in [0, 0.1) is 5.41 Å². The molecule has 2 aromatic carbocycles. The van der Waals surface area contributed by atoms with Crippen LogP contribution < -0.4 is 0 Å². The van der Waals surface area contributed by atoms with Crippen molar-refractivity contribution in [3.8, 4) is 22.4 Å². The normalized spacial score (nSPS) is 13.3. The van der Waals surface area contributed by atoms with Gasteiger partial charge in [-0.3, -0.25) is 4.98 Å². The summed E-state index contributed by atoms with van der Waals surface area (Å²) in [7, 11) is 12.4. The molecule has 1 heterocycles. The Labute approximate surface area is 180 Å². The lowest BCUT2D eigenvalue weighted by molar-refractivity contribution is 0.355. The lowest BCUT2D eigenvalue weighted by atomic mass is 9.41. The zero-order valence-electron chi connectivity index (χ0n) is 18.4. The molecule has 29 heavy (non-hydrogen) atoms. The summed E-state index contributed by atoms with van der Waals surface area (Å²) in [6.07, 6.45) is 8.74. The number of hydrogen-bond donors (Lipinski definition) is 0. The summed E-state index contributed by atoms with van der Waals surface area (Å²) in [4.78, 5) is 5.98. The SMILES string of the molecule is [B]C([B])(c1cc(-c2cccc(-c3ccccc3)c2)ncc1S(C)(C)C)C(C)(C)C. The Hall–Kier alpha value is -1.93. The number of nitrogens with zero attached hydrogens (tertiary/aromatic N) is 1. The lowest BCUT2D eigenvalue weighted by Gasteiger charge is -2.44. The predicted molar refractivity (Wildman–Crippen MR) is 131 cm³/mol. The van der Waals surface area contributed by atoms with Gasteiger partial charge in [-0.05, 0) is 53.0 Å². The van der Waals surface area contributed by atoms with Crippen molar-refractivity contribution in [2.45, 2.75) is 30.9 Å². The molecule has 3 aromatic rings. The molecule has 0 N–H and O–H groups in total. The van der Waals surface area contributed by atoms with Gasteiger partial charge in [0.15, 0.2) is 0 Å². The molecule has 0 spiro atoms. The van der Waals surface area contributed by atoms with Crippen LogP contribution in [0.4, 0.5) is 0 Å². The Morgan fingerprint density at radius 2 is 1.34 bits per heavy atom. The smallest absolute Gasteiger partial charge is 0.0705 e. The highest BCUT2D eigenvalue weighted by Gasteiger charge is 2.36. The van der Waals surface area contributed by atoms with Crippen LogP contribution in [0.1, 0.15) is 26.3 Å². The Kier molecular flexibility index (Phi) is 5.80. The summed E-state index contributed by atoms with van der Waals surface area (Å²) in [6, 6.07) is 20.9. The van der Waals surface area contributed by atoms with E-state index >= 15 is 0 Å². The van der Waals surface area contributed by atoms with Crippen LogP contribution in [0.5, 0.6) is 0 Å². The van der Waals surface area contributed by atoms with Crippen molar-refractivity contribution in [3.63, 3.8) is 0 Å². The zero-order valence-corrected chi connectivity index (χ0v) is 19.2. The minimum Gasteiger partial charge on any atom is -0.255 e. The Bertz CT molecular complexity index is 999. The molecule has 0 amide bonds. The number of benzene rings is 2. The maximum absolute atomic E-state index is 6.74. The lowest BCUT2D eigenvalue weighted by Crippen LogP contribution is -2.42. The summed E-state index contributed by atoms with van der Waals surface area (Å²) < 4.78 is 0. The summed E-state index contributed by atoms with van der Waals surface area (Å²) in [6.45, 7) is 6.26. The van der Waals surface area contributed by atoms with Gasteiger partial charge in [0.05, 0.1) is 21.4 Å². The molecule has 0 fully saturated rings. The van der Waals surface area contributed by atoms with Crippen LogP contribution in [0.3, 0.4) is 0 Å². The molecule has 1 nitrogen and oxygen atoms in total. The maximum atomic E-state index is 6.74. The van der Waals surface area contributed by atoms with E-state index in [-0.39, 0.29) is 5.41 Å². The van der Waals surface area contributed by atoms with E-state index < -0.39 is 15.2 Å². The first-order valence-corrected chi connectivity index (χ1v) is 12.7. The van der Waals surface area contributed by atoms with Crippen molar-refractivity contribution < 1.29 is 0 Å². The van der Waals surface area contributed by atoms with Crippen molar-refractivity contribution in [1.82, 2.24) is 4.98 Å². The summed E-state index contributed by atoms with van der Waals surface area (Å²) in [5.74, 6) is 0. The van der Waals surface area contributed by atoms with Gasteiger partial charge < -0.3 is 0 Å². The molecule has 0 bridgehead atoms. The van der Waals surface area contributed by atoms with Crippen molar-refractivity contribution in [3.05, 3.63) is 72.4 Å². The van der Waals surface area contributed by atoms with Crippen molar-refractivity contribution >= 4 is 25.7 Å². The fourth-order valence-electron chi connectivity index (χ4n) is 3.30. The van der Waals surface area contributed by atoms with Crippen LogP contribution in [0.15, 0.2) is 71.8 Å². The van der Waals surface area contributed by atoms with E-state index in [9.17, 15) is 0 Å². The molecule has 4 radical (unpaired) electrons. The standard InChI is InChI=1S/C25H29B2NS/c1-24(2,3)25(26,27)21-16-22(28-17-23(21)29(4,5)6)20-14-10-13-19(15-20)18-11-8-7-9-12-18/h7-17H,1-6H3. The van der Waals surface area contributed by atoms with Gasteiger partial charge in [0.25, 0.3) is 0 Å². The third kappa shape index (κ3) is 4.48. The van der Waals surface area contributed by atoms with E-state index in [2.05, 4.69) is 94.1 Å². The molecule has 0 atom stereocenters. The molecule has 0 aliphatic heterocycles. The van der Waals surface area contributed by atoms with Gasteiger partial charge >= 0.3 is 0 Å². The minimum absolute atomic E-state index is 0.295. The molecule has 0 aliphatic rings. The molecular weight excluding hydrogens is 368 g/mol. The first-order chi connectivity index (χ1) is 13.4. The van der Waals surface area contributed by atoms with Crippen molar-refractivity contribution in [2.24, 2.45) is 5.41 Å². The van der Waals surface area contributed by atoms with Crippen LogP contribution in [0.25, 0.3) is 22.4 Å². The molecule has 0 saturated carbocycles. The van der Waals surface area contributed by atoms with Crippen LogP contribution in [-0.4, -0.2) is 39.4 Å².